The molecule has 2 aliphatic rings. The van der Waals surface area contributed by atoms with E-state index in [1.807, 2.05) is 4.90 Å². The number of hydrogen-bond acceptors (Lipinski definition) is 3. The van der Waals surface area contributed by atoms with Crippen LogP contribution in [0.4, 0.5) is 0 Å². The van der Waals surface area contributed by atoms with E-state index in [-0.39, 0.29) is 24.0 Å². The van der Waals surface area contributed by atoms with Gasteiger partial charge in [0.05, 0.1) is 6.10 Å². The lowest BCUT2D eigenvalue weighted by Gasteiger charge is -2.36. The Morgan fingerprint density at radius 2 is 2.31 bits per heavy atom. The topological polar surface area (TPSA) is 49.8 Å². The number of carbonyl (C=O) groups excluding carboxylic acids is 1. The van der Waals surface area contributed by atoms with Gasteiger partial charge in [-0.3, -0.25) is 4.79 Å². The Balaban J connectivity index is 1.91. The Bertz CT molecular complexity index is 251. The van der Waals surface area contributed by atoms with E-state index in [2.05, 4.69) is 6.92 Å². The zero-order chi connectivity index (χ0) is 11.5. The van der Waals surface area contributed by atoms with E-state index in [1.165, 1.54) is 0 Å². The van der Waals surface area contributed by atoms with E-state index >= 15 is 0 Å². The summed E-state index contributed by atoms with van der Waals surface area (Å²) in [4.78, 5) is 14.0. The fraction of sp³-hybridized carbons (Fsp3) is 0.917. The fourth-order valence-electron chi connectivity index (χ4n) is 2.60. The molecule has 2 aliphatic heterocycles. The SMILES string of the molecule is CCC1CN(C(=O)C2CCCO2)CCC1O. The minimum Gasteiger partial charge on any atom is -0.393 e. The Kier molecular flexibility index (Phi) is 3.82. The lowest BCUT2D eigenvalue weighted by atomic mass is 9.92. The van der Waals surface area contributed by atoms with Crippen LogP contribution in [-0.4, -0.2) is 47.8 Å². The third kappa shape index (κ3) is 2.38. The van der Waals surface area contributed by atoms with Crippen molar-refractivity contribution in [3.8, 4) is 0 Å². The van der Waals surface area contributed by atoms with Gasteiger partial charge in [-0.05, 0) is 25.7 Å². The highest BCUT2D eigenvalue weighted by molar-refractivity contribution is 5.81. The minimum atomic E-state index is -0.237. The highest BCUT2D eigenvalue weighted by atomic mass is 16.5. The average Bonchev–Trinajstić information content (AvgIpc) is 2.82. The van der Waals surface area contributed by atoms with E-state index in [0.29, 0.717) is 26.1 Å². The smallest absolute Gasteiger partial charge is 0.251 e. The van der Waals surface area contributed by atoms with Gasteiger partial charge in [-0.15, -0.1) is 0 Å². The number of ether oxygens (including phenoxy) is 1. The summed E-state index contributed by atoms with van der Waals surface area (Å²) >= 11 is 0. The molecule has 0 aromatic carbocycles. The van der Waals surface area contributed by atoms with Crippen LogP contribution in [0.25, 0.3) is 0 Å². The van der Waals surface area contributed by atoms with Gasteiger partial charge in [0.2, 0.25) is 0 Å². The minimum absolute atomic E-state index is 0.128. The van der Waals surface area contributed by atoms with E-state index in [4.69, 9.17) is 4.74 Å². The Morgan fingerprint density at radius 3 is 2.94 bits per heavy atom. The summed E-state index contributed by atoms with van der Waals surface area (Å²) in [5.41, 5.74) is 0. The summed E-state index contributed by atoms with van der Waals surface area (Å²) in [5, 5.41) is 9.76. The highest BCUT2D eigenvalue weighted by Crippen LogP contribution is 2.23. The molecular formula is C12H21NO3. The quantitative estimate of drug-likeness (QED) is 0.758. The molecule has 4 heteroatoms. The third-order valence-electron chi connectivity index (χ3n) is 3.74. The fourth-order valence-corrected chi connectivity index (χ4v) is 2.60. The van der Waals surface area contributed by atoms with Crippen molar-refractivity contribution in [3.05, 3.63) is 0 Å². The average molecular weight is 227 g/mol. The van der Waals surface area contributed by atoms with Crippen molar-refractivity contribution in [2.24, 2.45) is 5.92 Å². The maximum atomic E-state index is 12.1. The first kappa shape index (κ1) is 11.9. The van der Waals surface area contributed by atoms with Crippen LogP contribution in [0.1, 0.15) is 32.6 Å². The Hall–Kier alpha value is -0.610. The number of aliphatic hydroxyl groups excluding tert-OH is 1. The van der Waals surface area contributed by atoms with Gasteiger partial charge in [0.15, 0.2) is 0 Å². The number of hydrogen-bond donors (Lipinski definition) is 1. The summed E-state index contributed by atoms with van der Waals surface area (Å²) in [7, 11) is 0. The van der Waals surface area contributed by atoms with Crippen molar-refractivity contribution in [2.45, 2.75) is 44.8 Å². The zero-order valence-corrected chi connectivity index (χ0v) is 9.89. The van der Waals surface area contributed by atoms with E-state index < -0.39 is 0 Å². The molecular weight excluding hydrogens is 206 g/mol. The first-order valence-corrected chi connectivity index (χ1v) is 6.30. The van der Waals surface area contributed by atoms with Crippen LogP contribution in [0.3, 0.4) is 0 Å². The summed E-state index contributed by atoms with van der Waals surface area (Å²) in [6.45, 7) is 4.14. The number of nitrogens with zero attached hydrogens (tertiary/aromatic N) is 1. The number of rotatable bonds is 2. The normalized spacial score (nSPS) is 35.4. The lowest BCUT2D eigenvalue weighted by Crippen LogP contribution is -2.49. The van der Waals surface area contributed by atoms with Gasteiger partial charge < -0.3 is 14.7 Å². The van der Waals surface area contributed by atoms with Gasteiger partial charge in [-0.2, -0.15) is 0 Å². The summed E-state index contributed by atoms with van der Waals surface area (Å²) in [6, 6.07) is 0. The summed E-state index contributed by atoms with van der Waals surface area (Å²) in [5.74, 6) is 0.363. The first-order chi connectivity index (χ1) is 7.72. The second-order valence-electron chi connectivity index (χ2n) is 4.81. The number of likely N-dealkylation sites (tertiary alicyclic amines) is 1. The molecule has 0 saturated carbocycles. The van der Waals surface area contributed by atoms with Gasteiger partial charge in [0, 0.05) is 25.6 Å². The van der Waals surface area contributed by atoms with Gasteiger partial charge >= 0.3 is 0 Å². The third-order valence-corrected chi connectivity index (χ3v) is 3.74. The molecule has 0 spiro atoms. The molecule has 3 atom stereocenters. The maximum absolute atomic E-state index is 12.1. The number of aliphatic hydroxyl groups is 1. The molecule has 2 fully saturated rings. The maximum Gasteiger partial charge on any atom is 0.251 e. The first-order valence-electron chi connectivity index (χ1n) is 6.30. The molecule has 0 aromatic rings. The van der Waals surface area contributed by atoms with Crippen LogP contribution in [0, 0.1) is 5.92 Å². The van der Waals surface area contributed by atoms with Crippen LogP contribution < -0.4 is 0 Å². The molecule has 4 nitrogen and oxygen atoms in total. The lowest BCUT2D eigenvalue weighted by molar-refractivity contribution is -0.144. The second-order valence-corrected chi connectivity index (χ2v) is 4.81. The van der Waals surface area contributed by atoms with Crippen molar-refractivity contribution >= 4 is 5.91 Å². The van der Waals surface area contributed by atoms with Crippen molar-refractivity contribution in [3.63, 3.8) is 0 Å². The molecule has 0 radical (unpaired) electrons. The second kappa shape index (κ2) is 5.15. The molecule has 2 heterocycles. The van der Waals surface area contributed by atoms with Crippen molar-refractivity contribution in [1.29, 1.82) is 0 Å². The Morgan fingerprint density at radius 1 is 1.50 bits per heavy atom. The van der Waals surface area contributed by atoms with Crippen molar-refractivity contribution < 1.29 is 14.6 Å². The molecule has 1 N–H and O–H groups in total. The molecule has 16 heavy (non-hydrogen) atoms. The molecule has 92 valence electrons. The van der Waals surface area contributed by atoms with Crippen LogP contribution >= 0.6 is 0 Å². The standard InChI is InChI=1S/C12H21NO3/c1-2-9-8-13(6-5-10(9)14)12(15)11-4-3-7-16-11/h9-11,14H,2-8H2,1H3. The molecule has 0 bridgehead atoms. The van der Waals surface area contributed by atoms with E-state index in [9.17, 15) is 9.90 Å². The van der Waals surface area contributed by atoms with Gasteiger partial charge in [0.25, 0.3) is 5.91 Å². The number of piperidine rings is 1. The van der Waals surface area contributed by atoms with Crippen LogP contribution in [-0.2, 0) is 9.53 Å². The van der Waals surface area contributed by atoms with Gasteiger partial charge in [-0.1, -0.05) is 6.92 Å². The molecule has 2 rings (SSSR count). The predicted octanol–water partition coefficient (Wildman–Crippen LogP) is 0.785. The van der Waals surface area contributed by atoms with E-state index in [1.54, 1.807) is 0 Å². The molecule has 3 unspecified atom stereocenters. The summed E-state index contributed by atoms with van der Waals surface area (Å²) < 4.78 is 5.41. The highest BCUT2D eigenvalue weighted by Gasteiger charge is 2.33. The Labute approximate surface area is 96.6 Å². The van der Waals surface area contributed by atoms with Crippen molar-refractivity contribution in [1.82, 2.24) is 4.90 Å². The number of amides is 1. The monoisotopic (exact) mass is 227 g/mol. The van der Waals surface area contributed by atoms with Crippen LogP contribution in [0.5, 0.6) is 0 Å². The molecule has 0 aliphatic carbocycles. The molecule has 2 saturated heterocycles. The van der Waals surface area contributed by atoms with E-state index in [0.717, 1.165) is 19.3 Å². The van der Waals surface area contributed by atoms with Gasteiger partial charge in [0.1, 0.15) is 6.10 Å². The van der Waals surface area contributed by atoms with Crippen LogP contribution in [0.15, 0.2) is 0 Å². The van der Waals surface area contributed by atoms with Crippen molar-refractivity contribution in [2.75, 3.05) is 19.7 Å². The van der Waals surface area contributed by atoms with Crippen LogP contribution in [0.2, 0.25) is 0 Å². The zero-order valence-electron chi connectivity index (χ0n) is 9.89. The summed E-state index contributed by atoms with van der Waals surface area (Å²) in [6.07, 6.45) is 3.03. The molecule has 1 amide bonds. The largest absolute Gasteiger partial charge is 0.393 e. The predicted molar refractivity (Wildman–Crippen MR) is 60.0 cm³/mol. The number of carbonyl (C=O) groups is 1. The van der Waals surface area contributed by atoms with Gasteiger partial charge in [-0.25, -0.2) is 0 Å². The molecule has 0 aromatic heterocycles.